The lowest BCUT2D eigenvalue weighted by Crippen LogP contribution is -2.36. The number of nitrogens with one attached hydrogen (secondary N) is 1. The van der Waals surface area contributed by atoms with Gasteiger partial charge in [0.2, 0.25) is 5.91 Å². The molecule has 0 aromatic heterocycles. The van der Waals surface area contributed by atoms with E-state index in [1.807, 2.05) is 24.3 Å². The van der Waals surface area contributed by atoms with Crippen molar-refractivity contribution in [3.8, 4) is 0 Å². The Bertz CT molecular complexity index is 408. The van der Waals surface area contributed by atoms with Crippen molar-refractivity contribution in [3.63, 3.8) is 0 Å². The van der Waals surface area contributed by atoms with Crippen LogP contribution < -0.4 is 5.32 Å². The molecule has 0 spiro atoms. The van der Waals surface area contributed by atoms with E-state index in [0.717, 1.165) is 24.2 Å². The Morgan fingerprint density at radius 1 is 1.59 bits per heavy atom. The third kappa shape index (κ3) is 3.43. The smallest absolute Gasteiger partial charge is 0.224 e. The van der Waals surface area contributed by atoms with E-state index in [-0.39, 0.29) is 11.9 Å². The zero-order valence-electron chi connectivity index (χ0n) is 9.82. The largest absolute Gasteiger partial charge is 0.379 e. The van der Waals surface area contributed by atoms with Crippen LogP contribution in [0.4, 0.5) is 0 Å². The highest BCUT2D eigenvalue weighted by molar-refractivity contribution is 5.79. The fraction of sp³-hybridized carbons (Fsp3) is 0.357. The Morgan fingerprint density at radius 3 is 3.18 bits per heavy atom. The van der Waals surface area contributed by atoms with Gasteiger partial charge < -0.3 is 10.1 Å². The minimum atomic E-state index is 0.0571. The molecule has 1 saturated heterocycles. The number of hydrogen-bond acceptors (Lipinski definition) is 2. The lowest BCUT2D eigenvalue weighted by atomic mass is 10.1. The molecule has 2 rings (SSSR count). The third-order valence-electron chi connectivity index (χ3n) is 2.85. The summed E-state index contributed by atoms with van der Waals surface area (Å²) >= 11 is 0. The summed E-state index contributed by atoms with van der Waals surface area (Å²) in [5.41, 5.74) is 2.05. The van der Waals surface area contributed by atoms with Crippen molar-refractivity contribution in [1.82, 2.24) is 5.32 Å². The highest BCUT2D eigenvalue weighted by atomic mass is 16.5. The van der Waals surface area contributed by atoms with Crippen LogP contribution in [0.25, 0.3) is 6.08 Å². The fourth-order valence-corrected chi connectivity index (χ4v) is 1.94. The molecule has 1 aromatic carbocycles. The van der Waals surface area contributed by atoms with Crippen LogP contribution in [0.1, 0.15) is 17.5 Å². The summed E-state index contributed by atoms with van der Waals surface area (Å²) in [6.07, 6.45) is 3.11. The minimum absolute atomic E-state index is 0.0571. The van der Waals surface area contributed by atoms with Crippen LogP contribution in [0.15, 0.2) is 30.8 Å². The average molecular weight is 231 g/mol. The summed E-state index contributed by atoms with van der Waals surface area (Å²) in [5, 5.41) is 2.98. The van der Waals surface area contributed by atoms with Crippen molar-refractivity contribution < 1.29 is 9.53 Å². The van der Waals surface area contributed by atoms with E-state index in [0.29, 0.717) is 13.0 Å². The van der Waals surface area contributed by atoms with Gasteiger partial charge in [0, 0.05) is 6.61 Å². The van der Waals surface area contributed by atoms with Gasteiger partial charge in [-0.15, -0.1) is 0 Å². The highest BCUT2D eigenvalue weighted by Crippen LogP contribution is 2.08. The Labute approximate surface area is 101 Å². The molecule has 3 nitrogen and oxygen atoms in total. The molecule has 1 N–H and O–H groups in total. The quantitative estimate of drug-likeness (QED) is 0.857. The Morgan fingerprint density at radius 2 is 2.47 bits per heavy atom. The zero-order valence-corrected chi connectivity index (χ0v) is 9.82. The fourth-order valence-electron chi connectivity index (χ4n) is 1.94. The molecular formula is C14H17NO2. The number of hydrogen-bond donors (Lipinski definition) is 1. The SMILES string of the molecule is C=Cc1cccc(CC(=O)NC2CCOC2)c1. The second kappa shape index (κ2) is 5.64. The summed E-state index contributed by atoms with van der Waals surface area (Å²) in [7, 11) is 0. The van der Waals surface area contributed by atoms with Gasteiger partial charge in [-0.2, -0.15) is 0 Å². The van der Waals surface area contributed by atoms with E-state index >= 15 is 0 Å². The normalized spacial score (nSPS) is 18.9. The standard InChI is InChI=1S/C14H17NO2/c1-2-11-4-3-5-12(8-11)9-14(16)15-13-6-7-17-10-13/h2-5,8,13H,1,6-7,9-10H2,(H,15,16). The molecule has 1 amide bonds. The van der Waals surface area contributed by atoms with Crippen molar-refractivity contribution in [2.24, 2.45) is 0 Å². The number of carbonyl (C=O) groups excluding carboxylic acids is 1. The van der Waals surface area contributed by atoms with E-state index < -0.39 is 0 Å². The van der Waals surface area contributed by atoms with Crippen molar-refractivity contribution in [1.29, 1.82) is 0 Å². The molecular weight excluding hydrogens is 214 g/mol. The van der Waals surface area contributed by atoms with Crippen molar-refractivity contribution in [2.45, 2.75) is 18.9 Å². The van der Waals surface area contributed by atoms with Gasteiger partial charge in [-0.25, -0.2) is 0 Å². The lowest BCUT2D eigenvalue weighted by Gasteiger charge is -2.10. The first kappa shape index (κ1) is 11.9. The number of carbonyl (C=O) groups is 1. The van der Waals surface area contributed by atoms with Crippen molar-refractivity contribution >= 4 is 12.0 Å². The first-order chi connectivity index (χ1) is 8.28. The number of rotatable bonds is 4. The van der Waals surface area contributed by atoms with Gasteiger partial charge in [0.1, 0.15) is 0 Å². The van der Waals surface area contributed by atoms with Crippen molar-refractivity contribution in [2.75, 3.05) is 13.2 Å². The molecule has 1 unspecified atom stereocenters. The van der Waals surface area contributed by atoms with E-state index in [4.69, 9.17) is 4.74 Å². The maximum absolute atomic E-state index is 11.8. The number of ether oxygens (including phenoxy) is 1. The van der Waals surface area contributed by atoms with Crippen LogP contribution in [0.2, 0.25) is 0 Å². The third-order valence-corrected chi connectivity index (χ3v) is 2.85. The summed E-state index contributed by atoms with van der Waals surface area (Å²) < 4.78 is 5.22. The maximum atomic E-state index is 11.8. The molecule has 0 saturated carbocycles. The summed E-state index contributed by atoms with van der Waals surface area (Å²) in [4.78, 5) is 11.8. The molecule has 90 valence electrons. The molecule has 1 aliphatic heterocycles. The molecule has 0 aliphatic carbocycles. The summed E-state index contributed by atoms with van der Waals surface area (Å²) in [6, 6.07) is 8.04. The first-order valence-corrected chi connectivity index (χ1v) is 5.86. The van der Waals surface area contributed by atoms with Crippen LogP contribution in [-0.2, 0) is 16.0 Å². The Hall–Kier alpha value is -1.61. The second-order valence-electron chi connectivity index (χ2n) is 4.25. The Balaban J connectivity index is 1.90. The predicted octanol–water partition coefficient (Wildman–Crippen LogP) is 1.78. The molecule has 3 heteroatoms. The number of benzene rings is 1. The monoisotopic (exact) mass is 231 g/mol. The second-order valence-corrected chi connectivity index (χ2v) is 4.25. The molecule has 1 fully saturated rings. The Kier molecular flexibility index (Phi) is 3.94. The van der Waals surface area contributed by atoms with Gasteiger partial charge in [0.05, 0.1) is 19.1 Å². The highest BCUT2D eigenvalue weighted by Gasteiger charge is 2.17. The van der Waals surface area contributed by atoms with E-state index in [2.05, 4.69) is 11.9 Å². The van der Waals surface area contributed by atoms with Gasteiger partial charge in [-0.05, 0) is 17.5 Å². The zero-order chi connectivity index (χ0) is 12.1. The van der Waals surface area contributed by atoms with Crippen LogP contribution in [0.5, 0.6) is 0 Å². The molecule has 0 bridgehead atoms. The predicted molar refractivity (Wildman–Crippen MR) is 67.6 cm³/mol. The molecule has 1 atom stereocenters. The van der Waals surface area contributed by atoms with E-state index in [1.54, 1.807) is 6.08 Å². The van der Waals surface area contributed by atoms with Gasteiger partial charge in [-0.1, -0.05) is 36.9 Å². The van der Waals surface area contributed by atoms with Gasteiger partial charge in [0.25, 0.3) is 0 Å². The topological polar surface area (TPSA) is 38.3 Å². The van der Waals surface area contributed by atoms with Crippen LogP contribution >= 0.6 is 0 Å². The van der Waals surface area contributed by atoms with Crippen LogP contribution in [0, 0.1) is 0 Å². The summed E-state index contributed by atoms with van der Waals surface area (Å²) in [6.45, 7) is 5.10. The molecule has 1 aromatic rings. The average Bonchev–Trinajstić information content (AvgIpc) is 2.82. The van der Waals surface area contributed by atoms with Gasteiger partial charge >= 0.3 is 0 Å². The van der Waals surface area contributed by atoms with Crippen molar-refractivity contribution in [3.05, 3.63) is 42.0 Å². The summed E-state index contributed by atoms with van der Waals surface area (Å²) in [5.74, 6) is 0.0571. The molecule has 0 radical (unpaired) electrons. The lowest BCUT2D eigenvalue weighted by molar-refractivity contribution is -0.121. The minimum Gasteiger partial charge on any atom is -0.379 e. The molecule has 1 aliphatic rings. The van der Waals surface area contributed by atoms with Crippen LogP contribution in [-0.4, -0.2) is 25.2 Å². The van der Waals surface area contributed by atoms with Crippen LogP contribution in [0.3, 0.4) is 0 Å². The first-order valence-electron chi connectivity index (χ1n) is 5.86. The van der Waals surface area contributed by atoms with Gasteiger partial charge in [0.15, 0.2) is 0 Å². The van der Waals surface area contributed by atoms with E-state index in [9.17, 15) is 4.79 Å². The van der Waals surface area contributed by atoms with E-state index in [1.165, 1.54) is 0 Å². The molecule has 17 heavy (non-hydrogen) atoms. The maximum Gasteiger partial charge on any atom is 0.224 e. The molecule has 1 heterocycles. The number of amides is 1. The van der Waals surface area contributed by atoms with Gasteiger partial charge in [-0.3, -0.25) is 4.79 Å².